The molecule has 0 amide bonds. The molecular weight excluding hydrogens is 332 g/mol. The van der Waals surface area contributed by atoms with Crippen molar-refractivity contribution >= 4 is 38.8 Å². The van der Waals surface area contributed by atoms with E-state index < -0.39 is 10.0 Å². The lowest BCUT2D eigenvalue weighted by atomic mass is 10.1. The summed E-state index contributed by atoms with van der Waals surface area (Å²) in [5.41, 5.74) is 6.00. The summed E-state index contributed by atoms with van der Waals surface area (Å²) in [6, 6.07) is 4.43. The third kappa shape index (κ3) is 3.54. The second-order valence-corrected chi connectivity index (χ2v) is 7.76. The summed E-state index contributed by atoms with van der Waals surface area (Å²) in [6.07, 6.45) is 0.797. The van der Waals surface area contributed by atoms with Gasteiger partial charge in [0.2, 0.25) is 10.0 Å². The van der Waals surface area contributed by atoms with Crippen molar-refractivity contribution in [2.45, 2.75) is 11.3 Å². The lowest BCUT2D eigenvalue weighted by Gasteiger charge is -2.17. The molecule has 1 fully saturated rings. The van der Waals surface area contributed by atoms with Crippen molar-refractivity contribution in [3.05, 3.63) is 28.8 Å². The van der Waals surface area contributed by atoms with Crippen LogP contribution < -0.4 is 5.73 Å². The molecule has 0 saturated carbocycles. The maximum Gasteiger partial charge on any atom is 0.243 e. The quantitative estimate of drug-likeness (QED) is 0.819. The van der Waals surface area contributed by atoms with E-state index in [2.05, 4.69) is 0 Å². The molecule has 2 N–H and O–H groups in total. The van der Waals surface area contributed by atoms with Gasteiger partial charge >= 0.3 is 0 Å². The largest absolute Gasteiger partial charge is 0.389 e. The molecule has 1 aromatic rings. The molecule has 1 aliphatic rings. The van der Waals surface area contributed by atoms with Crippen molar-refractivity contribution in [1.82, 2.24) is 4.31 Å². The van der Waals surface area contributed by atoms with Gasteiger partial charge in [-0.1, -0.05) is 23.8 Å². The first kappa shape index (κ1) is 16.6. The van der Waals surface area contributed by atoms with Crippen LogP contribution in [0.15, 0.2) is 23.1 Å². The van der Waals surface area contributed by atoms with Crippen LogP contribution in [-0.2, 0) is 14.8 Å². The Labute approximate surface area is 135 Å². The topological polar surface area (TPSA) is 72.6 Å². The molecule has 1 heterocycles. The summed E-state index contributed by atoms with van der Waals surface area (Å²) in [6.45, 7) is 1.52. The Hall–Kier alpha value is -0.730. The SMILES string of the molecule is COCC1CCN(S(=O)(=O)c2ccc(C(N)=S)c(Cl)c2)C1. The minimum atomic E-state index is -3.55. The molecule has 116 valence electrons. The van der Waals surface area contributed by atoms with Crippen molar-refractivity contribution in [1.29, 1.82) is 0 Å². The Kier molecular flexibility index (Phi) is 5.21. The summed E-state index contributed by atoms with van der Waals surface area (Å²) >= 11 is 10.9. The number of thiocarbonyl (C=S) groups is 1. The number of sulfonamides is 1. The standard InChI is InChI=1S/C13H17ClN2O3S2/c1-19-8-9-4-5-16(7-9)21(17,18)10-2-3-11(13(15)20)12(14)6-10/h2-3,6,9H,4-5,7-8H2,1H3,(H2,15,20). The molecule has 1 aliphatic heterocycles. The van der Waals surface area contributed by atoms with Crippen LogP contribution in [0.4, 0.5) is 0 Å². The van der Waals surface area contributed by atoms with Crippen LogP contribution in [-0.4, -0.2) is 44.5 Å². The lowest BCUT2D eigenvalue weighted by Crippen LogP contribution is -2.29. The van der Waals surface area contributed by atoms with Crippen molar-refractivity contribution < 1.29 is 13.2 Å². The monoisotopic (exact) mass is 348 g/mol. The van der Waals surface area contributed by atoms with Crippen molar-refractivity contribution in [2.75, 3.05) is 26.8 Å². The van der Waals surface area contributed by atoms with Gasteiger partial charge in [0.05, 0.1) is 16.5 Å². The lowest BCUT2D eigenvalue weighted by molar-refractivity contribution is 0.157. The Bertz CT molecular complexity index is 649. The number of nitrogens with two attached hydrogens (primary N) is 1. The van der Waals surface area contributed by atoms with Gasteiger partial charge in [-0.15, -0.1) is 0 Å². The number of ether oxygens (including phenoxy) is 1. The number of hydrogen-bond acceptors (Lipinski definition) is 4. The van der Waals surface area contributed by atoms with E-state index in [-0.39, 0.29) is 20.8 Å². The molecule has 2 rings (SSSR count). The number of rotatable bonds is 5. The van der Waals surface area contributed by atoms with Crippen LogP contribution >= 0.6 is 23.8 Å². The van der Waals surface area contributed by atoms with Gasteiger partial charge in [0.15, 0.2) is 0 Å². The fourth-order valence-corrected chi connectivity index (χ4v) is 4.53. The van der Waals surface area contributed by atoms with Crippen molar-refractivity contribution in [3.63, 3.8) is 0 Å². The second kappa shape index (κ2) is 6.58. The Balaban J connectivity index is 2.24. The molecule has 0 aromatic heterocycles. The third-order valence-electron chi connectivity index (χ3n) is 3.49. The van der Waals surface area contributed by atoms with Crippen LogP contribution in [0, 0.1) is 5.92 Å². The van der Waals surface area contributed by atoms with E-state index in [4.69, 9.17) is 34.3 Å². The molecule has 21 heavy (non-hydrogen) atoms. The second-order valence-electron chi connectivity index (χ2n) is 4.98. The minimum absolute atomic E-state index is 0.144. The first-order valence-corrected chi connectivity index (χ1v) is 8.67. The highest BCUT2D eigenvalue weighted by Gasteiger charge is 2.32. The zero-order chi connectivity index (χ0) is 15.6. The number of halogens is 1. The van der Waals surface area contributed by atoms with Gasteiger partial charge in [0.25, 0.3) is 0 Å². The average Bonchev–Trinajstić information content (AvgIpc) is 2.88. The van der Waals surface area contributed by atoms with Gasteiger partial charge in [0.1, 0.15) is 4.99 Å². The molecule has 0 bridgehead atoms. The maximum absolute atomic E-state index is 12.6. The highest BCUT2D eigenvalue weighted by Crippen LogP contribution is 2.27. The molecule has 1 atom stereocenters. The highest BCUT2D eigenvalue weighted by molar-refractivity contribution is 7.89. The minimum Gasteiger partial charge on any atom is -0.389 e. The van der Waals surface area contributed by atoms with E-state index in [1.54, 1.807) is 13.2 Å². The molecule has 0 spiro atoms. The summed E-state index contributed by atoms with van der Waals surface area (Å²) in [5.74, 6) is 0.233. The predicted octanol–water partition coefficient (Wildman–Crippen LogP) is 1.63. The highest BCUT2D eigenvalue weighted by atomic mass is 35.5. The van der Waals surface area contributed by atoms with Crippen LogP contribution in [0.25, 0.3) is 0 Å². The third-order valence-corrected chi connectivity index (χ3v) is 5.89. The summed E-state index contributed by atoms with van der Waals surface area (Å²) in [7, 11) is -1.93. The Morgan fingerprint density at radius 1 is 1.57 bits per heavy atom. The van der Waals surface area contributed by atoms with Gasteiger partial charge in [-0.05, 0) is 30.5 Å². The van der Waals surface area contributed by atoms with Crippen LogP contribution in [0.1, 0.15) is 12.0 Å². The maximum atomic E-state index is 12.6. The van der Waals surface area contributed by atoms with Gasteiger partial charge < -0.3 is 10.5 Å². The number of hydrogen-bond donors (Lipinski definition) is 1. The molecule has 1 aromatic carbocycles. The fourth-order valence-electron chi connectivity index (χ4n) is 2.39. The zero-order valence-corrected chi connectivity index (χ0v) is 14.0. The molecule has 0 radical (unpaired) electrons. The average molecular weight is 349 g/mol. The van der Waals surface area contributed by atoms with Gasteiger partial charge in [-0.25, -0.2) is 8.42 Å². The number of benzene rings is 1. The van der Waals surface area contributed by atoms with Gasteiger partial charge in [0, 0.05) is 25.8 Å². The normalized spacial score (nSPS) is 19.8. The molecule has 5 nitrogen and oxygen atoms in total. The molecular formula is C13H17ClN2O3S2. The Morgan fingerprint density at radius 3 is 2.86 bits per heavy atom. The molecule has 0 aliphatic carbocycles. The van der Waals surface area contributed by atoms with E-state index >= 15 is 0 Å². The van der Waals surface area contributed by atoms with Crippen molar-refractivity contribution in [3.8, 4) is 0 Å². The van der Waals surface area contributed by atoms with E-state index in [9.17, 15) is 8.42 Å². The van der Waals surface area contributed by atoms with E-state index in [0.29, 0.717) is 25.3 Å². The predicted molar refractivity (Wildman–Crippen MR) is 86.1 cm³/mol. The van der Waals surface area contributed by atoms with E-state index in [1.807, 2.05) is 0 Å². The van der Waals surface area contributed by atoms with Crippen LogP contribution in [0.5, 0.6) is 0 Å². The van der Waals surface area contributed by atoms with E-state index in [1.165, 1.54) is 16.4 Å². The van der Waals surface area contributed by atoms with Gasteiger partial charge in [-0.2, -0.15) is 4.31 Å². The van der Waals surface area contributed by atoms with E-state index in [0.717, 1.165) is 6.42 Å². The molecule has 8 heteroatoms. The Morgan fingerprint density at radius 2 is 2.29 bits per heavy atom. The smallest absolute Gasteiger partial charge is 0.243 e. The van der Waals surface area contributed by atoms with Crippen molar-refractivity contribution in [2.24, 2.45) is 11.7 Å². The summed E-state index contributed by atoms with van der Waals surface area (Å²) in [5, 5.41) is 0.246. The number of nitrogens with zero attached hydrogens (tertiary/aromatic N) is 1. The van der Waals surface area contributed by atoms with Crippen LogP contribution in [0.3, 0.4) is 0 Å². The number of methoxy groups -OCH3 is 1. The summed E-state index contributed by atoms with van der Waals surface area (Å²) in [4.78, 5) is 0.302. The first-order valence-electron chi connectivity index (χ1n) is 6.44. The summed E-state index contributed by atoms with van der Waals surface area (Å²) < 4.78 is 31.7. The fraction of sp³-hybridized carbons (Fsp3) is 0.462. The van der Waals surface area contributed by atoms with Gasteiger partial charge in [-0.3, -0.25) is 0 Å². The first-order chi connectivity index (χ1) is 9.86. The zero-order valence-electron chi connectivity index (χ0n) is 11.6. The molecule has 1 unspecified atom stereocenters. The molecule has 1 saturated heterocycles. The van der Waals surface area contributed by atoms with Crippen LogP contribution in [0.2, 0.25) is 5.02 Å².